The Morgan fingerprint density at radius 2 is 2.11 bits per heavy atom. The lowest BCUT2D eigenvalue weighted by atomic mass is 9.96. The first kappa shape index (κ1) is 12.9. The molecule has 3 rings (SSSR count). The van der Waals surface area contributed by atoms with E-state index in [1.165, 1.54) is 11.1 Å². The summed E-state index contributed by atoms with van der Waals surface area (Å²) in [7, 11) is -2.80. The molecule has 1 aromatic carbocycles. The molecule has 2 heterocycles. The number of sulfone groups is 1. The SMILES string of the molecule is CC1(COc2ccc3c(c2)CNCC3)CS(=O)(=O)C1. The van der Waals surface area contributed by atoms with Crippen LogP contribution in [0.4, 0.5) is 0 Å². The van der Waals surface area contributed by atoms with Crippen LogP contribution in [0.3, 0.4) is 0 Å². The molecule has 2 aliphatic rings. The highest BCUT2D eigenvalue weighted by atomic mass is 32.2. The van der Waals surface area contributed by atoms with E-state index in [2.05, 4.69) is 17.4 Å². The first-order valence-electron chi connectivity index (χ1n) is 6.62. The largest absolute Gasteiger partial charge is 0.493 e. The normalized spacial score (nSPS) is 23.2. The molecule has 1 N–H and O–H groups in total. The molecule has 1 aromatic rings. The van der Waals surface area contributed by atoms with Crippen molar-refractivity contribution in [3.63, 3.8) is 0 Å². The van der Waals surface area contributed by atoms with Crippen LogP contribution in [0.2, 0.25) is 0 Å². The summed E-state index contributed by atoms with van der Waals surface area (Å²) in [5.74, 6) is 1.33. The van der Waals surface area contributed by atoms with Gasteiger partial charge in [-0.2, -0.15) is 0 Å². The molecule has 0 radical (unpaired) electrons. The summed E-state index contributed by atoms with van der Waals surface area (Å²) in [5.41, 5.74) is 2.45. The summed E-state index contributed by atoms with van der Waals surface area (Å²) in [5, 5.41) is 3.34. The average Bonchev–Trinajstić information content (AvgIpc) is 2.34. The van der Waals surface area contributed by atoms with Crippen LogP contribution in [0.15, 0.2) is 18.2 Å². The topological polar surface area (TPSA) is 55.4 Å². The van der Waals surface area contributed by atoms with Crippen molar-refractivity contribution in [2.24, 2.45) is 5.41 Å². The molecular formula is C14H19NO3S. The van der Waals surface area contributed by atoms with Gasteiger partial charge in [0, 0.05) is 12.0 Å². The predicted octanol–water partition coefficient (Wildman–Crippen LogP) is 1.15. The van der Waals surface area contributed by atoms with Gasteiger partial charge >= 0.3 is 0 Å². The van der Waals surface area contributed by atoms with Crippen LogP contribution in [0.25, 0.3) is 0 Å². The minimum atomic E-state index is -2.80. The Hall–Kier alpha value is -1.07. The van der Waals surface area contributed by atoms with E-state index in [1.807, 2.05) is 13.0 Å². The maximum atomic E-state index is 11.2. The molecule has 104 valence electrons. The first-order valence-corrected chi connectivity index (χ1v) is 8.44. The quantitative estimate of drug-likeness (QED) is 0.903. The number of fused-ring (bicyclic) bond motifs is 1. The molecule has 0 unspecified atom stereocenters. The molecule has 0 aliphatic carbocycles. The van der Waals surface area contributed by atoms with E-state index < -0.39 is 9.84 Å². The van der Waals surface area contributed by atoms with Gasteiger partial charge in [-0.15, -0.1) is 0 Å². The lowest BCUT2D eigenvalue weighted by Gasteiger charge is -2.37. The van der Waals surface area contributed by atoms with Gasteiger partial charge in [-0.05, 0) is 36.2 Å². The Labute approximate surface area is 114 Å². The fraction of sp³-hybridized carbons (Fsp3) is 0.571. The third-order valence-electron chi connectivity index (χ3n) is 3.79. The first-order chi connectivity index (χ1) is 8.96. The van der Waals surface area contributed by atoms with E-state index >= 15 is 0 Å². The molecule has 0 atom stereocenters. The number of rotatable bonds is 3. The molecule has 0 spiro atoms. The predicted molar refractivity (Wildman–Crippen MR) is 74.1 cm³/mol. The highest BCUT2D eigenvalue weighted by molar-refractivity contribution is 7.92. The molecule has 0 aromatic heterocycles. The molecule has 1 fully saturated rings. The third-order valence-corrected chi connectivity index (χ3v) is 6.06. The lowest BCUT2D eigenvalue weighted by Crippen LogP contribution is -2.50. The van der Waals surface area contributed by atoms with E-state index in [1.54, 1.807) is 0 Å². The summed E-state index contributed by atoms with van der Waals surface area (Å²) in [6.07, 6.45) is 1.06. The van der Waals surface area contributed by atoms with Crippen LogP contribution >= 0.6 is 0 Å². The van der Waals surface area contributed by atoms with Crippen molar-refractivity contribution in [2.75, 3.05) is 24.7 Å². The van der Waals surface area contributed by atoms with Crippen molar-refractivity contribution in [3.8, 4) is 5.75 Å². The summed E-state index contributed by atoms with van der Waals surface area (Å²) in [6, 6.07) is 6.17. The van der Waals surface area contributed by atoms with Gasteiger partial charge in [0.15, 0.2) is 9.84 Å². The van der Waals surface area contributed by atoms with Crippen molar-refractivity contribution in [1.82, 2.24) is 5.32 Å². The van der Waals surface area contributed by atoms with Gasteiger partial charge in [0.1, 0.15) is 5.75 Å². The highest BCUT2D eigenvalue weighted by Crippen LogP contribution is 2.33. The molecule has 5 heteroatoms. The van der Waals surface area contributed by atoms with E-state index in [9.17, 15) is 8.42 Å². The molecule has 19 heavy (non-hydrogen) atoms. The second-order valence-corrected chi connectivity index (χ2v) is 8.05. The van der Waals surface area contributed by atoms with Crippen molar-refractivity contribution in [2.45, 2.75) is 19.9 Å². The Morgan fingerprint density at radius 1 is 1.32 bits per heavy atom. The molecule has 1 saturated heterocycles. The third kappa shape index (κ3) is 2.77. The van der Waals surface area contributed by atoms with E-state index in [4.69, 9.17) is 4.74 Å². The number of ether oxygens (including phenoxy) is 1. The Balaban J connectivity index is 1.65. The van der Waals surface area contributed by atoms with Crippen LogP contribution in [0.1, 0.15) is 18.1 Å². The summed E-state index contributed by atoms with van der Waals surface area (Å²) in [6.45, 7) is 4.35. The number of benzene rings is 1. The Morgan fingerprint density at radius 3 is 2.84 bits per heavy atom. The molecule has 0 amide bonds. The molecule has 0 saturated carbocycles. The standard InChI is InChI=1S/C14H19NO3S/c1-14(9-19(16,17)10-14)8-18-13-3-2-11-4-5-15-7-12(11)6-13/h2-3,6,15H,4-5,7-10H2,1H3. The molecular weight excluding hydrogens is 262 g/mol. The van der Waals surface area contributed by atoms with Crippen LogP contribution in [-0.4, -0.2) is 33.1 Å². The second kappa shape index (κ2) is 4.49. The van der Waals surface area contributed by atoms with Crippen LogP contribution < -0.4 is 10.1 Å². The van der Waals surface area contributed by atoms with Crippen LogP contribution in [0.5, 0.6) is 5.75 Å². The average molecular weight is 281 g/mol. The van der Waals surface area contributed by atoms with Crippen LogP contribution in [0, 0.1) is 5.41 Å². The zero-order valence-electron chi connectivity index (χ0n) is 11.1. The number of nitrogens with one attached hydrogen (secondary N) is 1. The summed E-state index contributed by atoms with van der Waals surface area (Å²) in [4.78, 5) is 0. The number of hydrogen-bond donors (Lipinski definition) is 1. The zero-order chi connectivity index (χ0) is 13.5. The number of hydrogen-bond acceptors (Lipinski definition) is 4. The van der Waals surface area contributed by atoms with Gasteiger partial charge in [0.2, 0.25) is 0 Å². The van der Waals surface area contributed by atoms with Gasteiger partial charge in [-0.25, -0.2) is 8.42 Å². The Kier molecular flexibility index (Phi) is 3.06. The van der Waals surface area contributed by atoms with E-state index in [0.29, 0.717) is 6.61 Å². The smallest absolute Gasteiger partial charge is 0.151 e. The van der Waals surface area contributed by atoms with E-state index in [0.717, 1.165) is 25.3 Å². The van der Waals surface area contributed by atoms with Gasteiger partial charge in [-0.3, -0.25) is 0 Å². The minimum Gasteiger partial charge on any atom is -0.493 e. The van der Waals surface area contributed by atoms with Gasteiger partial charge in [0.25, 0.3) is 0 Å². The van der Waals surface area contributed by atoms with E-state index in [-0.39, 0.29) is 16.9 Å². The minimum absolute atomic E-state index is 0.215. The Bertz CT molecular complexity index is 583. The molecule has 4 nitrogen and oxygen atoms in total. The summed E-state index contributed by atoms with van der Waals surface area (Å²) >= 11 is 0. The highest BCUT2D eigenvalue weighted by Gasteiger charge is 2.45. The van der Waals surface area contributed by atoms with Crippen molar-refractivity contribution >= 4 is 9.84 Å². The monoisotopic (exact) mass is 281 g/mol. The maximum absolute atomic E-state index is 11.2. The maximum Gasteiger partial charge on any atom is 0.151 e. The van der Waals surface area contributed by atoms with Crippen molar-refractivity contribution < 1.29 is 13.2 Å². The van der Waals surface area contributed by atoms with Gasteiger partial charge in [-0.1, -0.05) is 13.0 Å². The van der Waals surface area contributed by atoms with Crippen LogP contribution in [-0.2, 0) is 22.8 Å². The van der Waals surface area contributed by atoms with Crippen molar-refractivity contribution in [3.05, 3.63) is 29.3 Å². The fourth-order valence-corrected chi connectivity index (χ4v) is 5.11. The van der Waals surface area contributed by atoms with Crippen molar-refractivity contribution in [1.29, 1.82) is 0 Å². The second-order valence-electron chi connectivity index (χ2n) is 5.99. The lowest BCUT2D eigenvalue weighted by molar-refractivity contribution is 0.187. The molecule has 2 aliphatic heterocycles. The van der Waals surface area contributed by atoms with Gasteiger partial charge < -0.3 is 10.1 Å². The summed E-state index contributed by atoms with van der Waals surface area (Å²) < 4.78 is 28.3. The zero-order valence-corrected chi connectivity index (χ0v) is 11.9. The molecule has 0 bridgehead atoms. The fourth-order valence-electron chi connectivity index (χ4n) is 2.91. The van der Waals surface area contributed by atoms with Gasteiger partial charge in [0.05, 0.1) is 18.1 Å².